The third kappa shape index (κ3) is 3.27. The van der Waals surface area contributed by atoms with Gasteiger partial charge in [0.25, 0.3) is 0 Å². The predicted octanol–water partition coefficient (Wildman–Crippen LogP) is 5.93. The molecule has 0 radical (unpaired) electrons. The zero-order chi connectivity index (χ0) is 14.8. The van der Waals surface area contributed by atoms with Crippen LogP contribution in [0.2, 0.25) is 0 Å². The highest BCUT2D eigenvalue weighted by Crippen LogP contribution is 2.57. The highest BCUT2D eigenvalue weighted by Gasteiger charge is 2.44. The second-order valence-electron chi connectivity index (χ2n) is 5.43. The Morgan fingerprint density at radius 1 is 1.24 bits per heavy atom. The first kappa shape index (κ1) is 14.9. The molecule has 1 aliphatic carbocycles. The number of halogens is 2. The number of ether oxygens (including phenoxy) is 1. The van der Waals surface area contributed by atoms with Gasteiger partial charge in [0.2, 0.25) is 0 Å². The van der Waals surface area contributed by atoms with Gasteiger partial charge < -0.3 is 4.74 Å². The smallest absolute Gasteiger partial charge is 0.124 e. The van der Waals surface area contributed by atoms with E-state index >= 15 is 0 Å². The summed E-state index contributed by atoms with van der Waals surface area (Å²) in [5, 5.41) is -0.00532. The van der Waals surface area contributed by atoms with Crippen molar-refractivity contribution in [3.05, 3.63) is 64.1 Å². The van der Waals surface area contributed by atoms with Crippen molar-refractivity contribution < 1.29 is 4.74 Å². The number of rotatable bonds is 5. The maximum absolute atomic E-state index is 6.76. The second kappa shape index (κ2) is 6.41. The standard InChI is InChI=1S/C18H18BrClO/c1-2-21-17-9-8-13(19)10-16(17)18(20)15-11-14(15)12-6-4-3-5-7-12/h3-10,14-15,18H,2,11H2,1H3. The summed E-state index contributed by atoms with van der Waals surface area (Å²) in [6.45, 7) is 2.66. The summed E-state index contributed by atoms with van der Waals surface area (Å²) in [7, 11) is 0. The lowest BCUT2D eigenvalue weighted by Gasteiger charge is -2.15. The molecule has 3 atom stereocenters. The second-order valence-corrected chi connectivity index (χ2v) is 6.82. The lowest BCUT2D eigenvalue weighted by molar-refractivity contribution is 0.335. The van der Waals surface area contributed by atoms with E-state index in [0.717, 1.165) is 22.2 Å². The molecule has 0 saturated heterocycles. The van der Waals surface area contributed by atoms with Crippen LogP contribution in [0.3, 0.4) is 0 Å². The van der Waals surface area contributed by atoms with Gasteiger partial charge in [-0.3, -0.25) is 0 Å². The van der Waals surface area contributed by atoms with E-state index in [-0.39, 0.29) is 5.38 Å². The van der Waals surface area contributed by atoms with E-state index in [2.05, 4.69) is 52.3 Å². The molecule has 1 nitrogen and oxygen atoms in total. The van der Waals surface area contributed by atoms with Crippen LogP contribution in [0.15, 0.2) is 53.0 Å². The molecular formula is C18H18BrClO. The number of alkyl halides is 1. The van der Waals surface area contributed by atoms with Crippen molar-refractivity contribution in [2.45, 2.75) is 24.6 Å². The minimum absolute atomic E-state index is 0.00532. The van der Waals surface area contributed by atoms with Gasteiger partial charge in [0.1, 0.15) is 5.75 Å². The molecule has 1 aliphatic rings. The van der Waals surface area contributed by atoms with Crippen LogP contribution in [0.1, 0.15) is 35.8 Å². The summed E-state index contributed by atoms with van der Waals surface area (Å²) in [6, 6.07) is 16.7. The minimum atomic E-state index is -0.00532. The van der Waals surface area contributed by atoms with Crippen molar-refractivity contribution in [1.82, 2.24) is 0 Å². The van der Waals surface area contributed by atoms with Gasteiger partial charge in [-0.05, 0) is 48.9 Å². The molecule has 0 spiro atoms. The Kier molecular flexibility index (Phi) is 4.56. The lowest BCUT2D eigenvalue weighted by Crippen LogP contribution is -2.01. The Hall–Kier alpha value is -0.990. The molecule has 3 unspecified atom stereocenters. The minimum Gasteiger partial charge on any atom is -0.494 e. The molecule has 3 heteroatoms. The largest absolute Gasteiger partial charge is 0.494 e. The normalized spacial score (nSPS) is 21.9. The molecule has 0 N–H and O–H groups in total. The lowest BCUT2D eigenvalue weighted by atomic mass is 10.0. The topological polar surface area (TPSA) is 9.23 Å². The fourth-order valence-corrected chi connectivity index (χ4v) is 3.70. The molecule has 0 aliphatic heterocycles. The third-order valence-corrected chi connectivity index (χ3v) is 5.06. The quantitative estimate of drug-likeness (QED) is 0.597. The molecule has 110 valence electrons. The number of benzene rings is 2. The van der Waals surface area contributed by atoms with Gasteiger partial charge in [0.05, 0.1) is 12.0 Å². The van der Waals surface area contributed by atoms with E-state index < -0.39 is 0 Å². The van der Waals surface area contributed by atoms with E-state index in [4.69, 9.17) is 16.3 Å². The van der Waals surface area contributed by atoms with Gasteiger partial charge >= 0.3 is 0 Å². The van der Waals surface area contributed by atoms with Crippen molar-refractivity contribution in [3.63, 3.8) is 0 Å². The average Bonchev–Trinajstić information content (AvgIpc) is 3.30. The van der Waals surface area contributed by atoms with Gasteiger partial charge in [-0.15, -0.1) is 11.6 Å². The van der Waals surface area contributed by atoms with Gasteiger partial charge in [0, 0.05) is 10.0 Å². The summed E-state index contributed by atoms with van der Waals surface area (Å²) in [5.41, 5.74) is 2.48. The fraction of sp³-hybridized carbons (Fsp3) is 0.333. The van der Waals surface area contributed by atoms with Gasteiger partial charge in [0.15, 0.2) is 0 Å². The Balaban J connectivity index is 1.80. The first-order valence-electron chi connectivity index (χ1n) is 7.32. The summed E-state index contributed by atoms with van der Waals surface area (Å²) < 4.78 is 6.77. The molecule has 2 aromatic rings. The first-order chi connectivity index (χ1) is 10.2. The Morgan fingerprint density at radius 2 is 2.00 bits per heavy atom. The molecule has 3 rings (SSSR count). The van der Waals surface area contributed by atoms with E-state index in [9.17, 15) is 0 Å². The summed E-state index contributed by atoms with van der Waals surface area (Å²) in [6.07, 6.45) is 1.15. The van der Waals surface area contributed by atoms with Crippen LogP contribution in [0.5, 0.6) is 5.75 Å². The molecule has 0 heterocycles. The van der Waals surface area contributed by atoms with Crippen LogP contribution in [0.25, 0.3) is 0 Å². The van der Waals surface area contributed by atoms with Crippen LogP contribution in [-0.2, 0) is 0 Å². The van der Waals surface area contributed by atoms with E-state index in [0.29, 0.717) is 18.4 Å². The van der Waals surface area contributed by atoms with Crippen LogP contribution >= 0.6 is 27.5 Å². The predicted molar refractivity (Wildman–Crippen MR) is 91.2 cm³/mol. The van der Waals surface area contributed by atoms with Crippen LogP contribution < -0.4 is 4.74 Å². The van der Waals surface area contributed by atoms with Crippen molar-refractivity contribution in [3.8, 4) is 5.75 Å². The highest BCUT2D eigenvalue weighted by molar-refractivity contribution is 9.10. The Bertz CT molecular complexity index is 614. The molecule has 0 amide bonds. The molecule has 1 fully saturated rings. The number of hydrogen-bond donors (Lipinski definition) is 0. The van der Waals surface area contributed by atoms with E-state index in [1.807, 2.05) is 19.1 Å². The Labute approximate surface area is 139 Å². The summed E-state index contributed by atoms with van der Waals surface area (Å²) >= 11 is 10.3. The molecule has 0 aromatic heterocycles. The summed E-state index contributed by atoms with van der Waals surface area (Å²) in [4.78, 5) is 0. The van der Waals surface area contributed by atoms with Crippen molar-refractivity contribution in [2.75, 3.05) is 6.61 Å². The molecule has 1 saturated carbocycles. The maximum atomic E-state index is 6.76. The monoisotopic (exact) mass is 364 g/mol. The molecule has 2 aromatic carbocycles. The maximum Gasteiger partial charge on any atom is 0.124 e. The molecule has 0 bridgehead atoms. The zero-order valence-corrected chi connectivity index (χ0v) is 14.3. The fourth-order valence-electron chi connectivity index (χ4n) is 2.87. The van der Waals surface area contributed by atoms with Crippen molar-refractivity contribution >= 4 is 27.5 Å². The highest BCUT2D eigenvalue weighted by atomic mass is 79.9. The van der Waals surface area contributed by atoms with Gasteiger partial charge in [-0.1, -0.05) is 46.3 Å². The Morgan fingerprint density at radius 3 is 2.71 bits per heavy atom. The molecular weight excluding hydrogens is 348 g/mol. The van der Waals surface area contributed by atoms with Gasteiger partial charge in [-0.2, -0.15) is 0 Å². The average molecular weight is 366 g/mol. The third-order valence-electron chi connectivity index (χ3n) is 4.01. The van der Waals surface area contributed by atoms with Crippen LogP contribution in [0.4, 0.5) is 0 Å². The molecule has 21 heavy (non-hydrogen) atoms. The number of hydrogen-bond acceptors (Lipinski definition) is 1. The van der Waals surface area contributed by atoms with Crippen molar-refractivity contribution in [1.29, 1.82) is 0 Å². The SMILES string of the molecule is CCOc1ccc(Br)cc1C(Cl)C1CC1c1ccccc1. The van der Waals surface area contributed by atoms with Crippen LogP contribution in [-0.4, -0.2) is 6.61 Å². The van der Waals surface area contributed by atoms with E-state index in [1.54, 1.807) is 0 Å². The van der Waals surface area contributed by atoms with E-state index in [1.165, 1.54) is 5.56 Å². The zero-order valence-electron chi connectivity index (χ0n) is 11.9. The first-order valence-corrected chi connectivity index (χ1v) is 8.55. The van der Waals surface area contributed by atoms with Crippen LogP contribution in [0, 0.1) is 5.92 Å². The van der Waals surface area contributed by atoms with Gasteiger partial charge in [-0.25, -0.2) is 0 Å². The summed E-state index contributed by atoms with van der Waals surface area (Å²) in [5.74, 6) is 1.96. The van der Waals surface area contributed by atoms with Crippen molar-refractivity contribution in [2.24, 2.45) is 5.92 Å².